The van der Waals surface area contributed by atoms with Crippen LogP contribution in [0.1, 0.15) is 81.3 Å². The molecule has 0 bridgehead atoms. The molecule has 1 N–H and O–H groups in total. The standard InChI is InChI=1S/C22H29NO4/c1-5-6-7-10-16-14-18(23-26)17-11-13-22(4,12-8-9-15(2)3)27-20(17)19(16)21(24)25/h9,11,13-14H,5-8,10,12H2,1-4H3,(H,24,25). The lowest BCUT2D eigenvalue weighted by atomic mass is 9.90. The van der Waals surface area contributed by atoms with E-state index in [2.05, 4.69) is 18.2 Å². The maximum absolute atomic E-state index is 12.0. The summed E-state index contributed by atoms with van der Waals surface area (Å²) in [4.78, 5) is 23.4. The van der Waals surface area contributed by atoms with Crippen molar-refractivity contribution in [3.8, 4) is 5.75 Å². The van der Waals surface area contributed by atoms with Crippen molar-refractivity contribution in [1.82, 2.24) is 0 Å². The molecule has 27 heavy (non-hydrogen) atoms. The molecule has 0 fully saturated rings. The Labute approximate surface area is 161 Å². The Balaban J connectivity index is 2.46. The van der Waals surface area contributed by atoms with Gasteiger partial charge >= 0.3 is 5.97 Å². The van der Waals surface area contributed by atoms with Crippen molar-refractivity contribution >= 4 is 17.7 Å². The highest BCUT2D eigenvalue weighted by Gasteiger charge is 2.33. The van der Waals surface area contributed by atoms with E-state index in [0.29, 0.717) is 17.5 Å². The number of aromatic carboxylic acids is 1. The summed E-state index contributed by atoms with van der Waals surface area (Å²) in [6.45, 7) is 8.12. The summed E-state index contributed by atoms with van der Waals surface area (Å²) in [7, 11) is 0. The molecule has 0 amide bonds. The van der Waals surface area contributed by atoms with Crippen molar-refractivity contribution in [3.05, 3.63) is 45.4 Å². The lowest BCUT2D eigenvalue weighted by molar-refractivity contribution is 0.0678. The van der Waals surface area contributed by atoms with Crippen LogP contribution in [-0.4, -0.2) is 16.7 Å². The van der Waals surface area contributed by atoms with E-state index in [4.69, 9.17) is 4.74 Å². The second-order valence-corrected chi connectivity index (χ2v) is 7.59. The summed E-state index contributed by atoms with van der Waals surface area (Å²) in [6.07, 6.45) is 10.8. The van der Waals surface area contributed by atoms with Gasteiger partial charge in [-0.25, -0.2) is 4.79 Å². The molecule has 146 valence electrons. The average Bonchev–Trinajstić information content (AvgIpc) is 2.60. The summed E-state index contributed by atoms with van der Waals surface area (Å²) in [5.74, 6) is -0.759. The zero-order valence-electron chi connectivity index (χ0n) is 16.7. The Kier molecular flexibility index (Phi) is 6.94. The fraction of sp³-hybridized carbons (Fsp3) is 0.500. The number of allylic oxidation sites excluding steroid dienone is 2. The van der Waals surface area contributed by atoms with Crippen LogP contribution >= 0.6 is 0 Å². The van der Waals surface area contributed by atoms with Gasteiger partial charge in [-0.15, -0.1) is 4.91 Å². The molecule has 1 aliphatic rings. The Morgan fingerprint density at radius 2 is 2.07 bits per heavy atom. The first-order chi connectivity index (χ1) is 12.8. The number of hydrogen-bond acceptors (Lipinski definition) is 4. The van der Waals surface area contributed by atoms with Gasteiger partial charge < -0.3 is 9.84 Å². The molecule has 2 rings (SSSR count). The Bertz CT molecular complexity index is 775. The number of nitroso groups, excluding NO2 is 1. The summed E-state index contributed by atoms with van der Waals surface area (Å²) < 4.78 is 6.19. The first-order valence-corrected chi connectivity index (χ1v) is 9.59. The number of aryl methyl sites for hydroxylation is 1. The molecule has 0 saturated heterocycles. The normalized spacial score (nSPS) is 17.8. The third kappa shape index (κ3) is 5.06. The van der Waals surface area contributed by atoms with Crippen LogP contribution in [0.5, 0.6) is 5.75 Å². The highest BCUT2D eigenvalue weighted by atomic mass is 16.5. The molecule has 1 atom stereocenters. The first-order valence-electron chi connectivity index (χ1n) is 9.59. The summed E-state index contributed by atoms with van der Waals surface area (Å²) in [5.41, 5.74) is 2.09. The molecular weight excluding hydrogens is 342 g/mol. The molecule has 0 aliphatic carbocycles. The molecule has 1 unspecified atom stereocenters. The number of hydrogen-bond donors (Lipinski definition) is 1. The molecule has 0 saturated carbocycles. The second-order valence-electron chi connectivity index (χ2n) is 7.59. The van der Waals surface area contributed by atoms with Crippen molar-refractivity contribution < 1.29 is 14.6 Å². The van der Waals surface area contributed by atoms with Crippen molar-refractivity contribution in [2.45, 2.75) is 71.8 Å². The fourth-order valence-corrected chi connectivity index (χ4v) is 3.36. The average molecular weight is 371 g/mol. The summed E-state index contributed by atoms with van der Waals surface area (Å²) in [6, 6.07) is 1.60. The van der Waals surface area contributed by atoms with Crippen molar-refractivity contribution in [1.29, 1.82) is 0 Å². The predicted octanol–water partition coefficient (Wildman–Crippen LogP) is 6.43. The Morgan fingerprint density at radius 1 is 1.33 bits per heavy atom. The van der Waals surface area contributed by atoms with Crippen LogP contribution in [0.4, 0.5) is 5.69 Å². The number of carboxylic acids is 1. The lowest BCUT2D eigenvalue weighted by Crippen LogP contribution is -2.33. The number of unbranched alkanes of at least 4 members (excludes halogenated alkanes) is 2. The van der Waals surface area contributed by atoms with Gasteiger partial charge in [-0.05, 0) is 75.4 Å². The molecule has 0 spiro atoms. The van der Waals surface area contributed by atoms with Crippen molar-refractivity contribution in [3.63, 3.8) is 0 Å². The maximum atomic E-state index is 12.0. The van der Waals surface area contributed by atoms with Crippen molar-refractivity contribution in [2.75, 3.05) is 0 Å². The van der Waals surface area contributed by atoms with Gasteiger partial charge in [-0.1, -0.05) is 31.4 Å². The number of carboxylic acid groups (broad SMARTS) is 1. The van der Waals surface area contributed by atoms with Crippen LogP contribution in [0.15, 0.2) is 29.0 Å². The van der Waals surface area contributed by atoms with Crippen LogP contribution in [0.2, 0.25) is 0 Å². The van der Waals surface area contributed by atoms with E-state index < -0.39 is 11.6 Å². The first kappa shape index (κ1) is 20.9. The van der Waals surface area contributed by atoms with Crippen LogP contribution in [0.25, 0.3) is 6.08 Å². The SMILES string of the molecule is CCCCCc1cc(N=O)c2c(c1C(=O)O)OC(C)(CCC=C(C)C)C=C2. The van der Waals surface area contributed by atoms with E-state index in [1.807, 2.05) is 26.8 Å². The minimum atomic E-state index is -1.03. The fourth-order valence-electron chi connectivity index (χ4n) is 3.36. The summed E-state index contributed by atoms with van der Waals surface area (Å²) >= 11 is 0. The molecule has 5 heteroatoms. The van der Waals surface area contributed by atoms with Gasteiger partial charge in [0.1, 0.15) is 22.6 Å². The number of rotatable bonds is 9. The van der Waals surface area contributed by atoms with Crippen molar-refractivity contribution in [2.24, 2.45) is 5.18 Å². The van der Waals surface area contributed by atoms with Crippen LogP contribution in [0.3, 0.4) is 0 Å². The van der Waals surface area contributed by atoms with E-state index in [-0.39, 0.29) is 17.0 Å². The predicted molar refractivity (Wildman–Crippen MR) is 109 cm³/mol. The Morgan fingerprint density at radius 3 is 2.67 bits per heavy atom. The molecule has 0 aromatic heterocycles. The topological polar surface area (TPSA) is 76.0 Å². The monoisotopic (exact) mass is 371 g/mol. The molecule has 1 aromatic carbocycles. The third-order valence-corrected chi connectivity index (χ3v) is 4.87. The number of nitrogens with zero attached hydrogens (tertiary/aromatic N) is 1. The van der Waals surface area contributed by atoms with Crippen LogP contribution in [-0.2, 0) is 6.42 Å². The number of ether oxygens (including phenoxy) is 1. The van der Waals surface area contributed by atoms with Gasteiger partial charge in [0.25, 0.3) is 0 Å². The van der Waals surface area contributed by atoms with Gasteiger partial charge in [0.15, 0.2) is 0 Å². The maximum Gasteiger partial charge on any atom is 0.339 e. The molecular formula is C22H29NO4. The third-order valence-electron chi connectivity index (χ3n) is 4.87. The highest BCUT2D eigenvalue weighted by molar-refractivity contribution is 5.96. The lowest BCUT2D eigenvalue weighted by Gasteiger charge is -2.33. The van der Waals surface area contributed by atoms with E-state index in [1.54, 1.807) is 12.1 Å². The van der Waals surface area contributed by atoms with Gasteiger partial charge in [0.05, 0.1) is 0 Å². The van der Waals surface area contributed by atoms with Gasteiger partial charge in [-0.3, -0.25) is 0 Å². The van der Waals surface area contributed by atoms with Gasteiger partial charge in [0.2, 0.25) is 0 Å². The minimum absolute atomic E-state index is 0.159. The molecule has 1 heterocycles. The molecule has 5 nitrogen and oxygen atoms in total. The smallest absolute Gasteiger partial charge is 0.339 e. The molecule has 0 radical (unpaired) electrons. The van der Waals surface area contributed by atoms with E-state index in [1.165, 1.54) is 5.57 Å². The zero-order valence-corrected chi connectivity index (χ0v) is 16.7. The number of benzene rings is 1. The quantitative estimate of drug-likeness (QED) is 0.308. The minimum Gasteiger partial charge on any atom is -0.482 e. The zero-order chi connectivity index (χ0) is 20.0. The largest absolute Gasteiger partial charge is 0.482 e. The van der Waals surface area contributed by atoms with E-state index >= 15 is 0 Å². The van der Waals surface area contributed by atoms with E-state index in [0.717, 1.165) is 32.1 Å². The molecule has 1 aromatic rings. The summed E-state index contributed by atoms with van der Waals surface area (Å²) in [5, 5.41) is 13.0. The molecule has 1 aliphatic heterocycles. The Hall–Kier alpha value is -2.43. The highest BCUT2D eigenvalue weighted by Crippen LogP contribution is 2.43. The van der Waals surface area contributed by atoms with Crippen LogP contribution < -0.4 is 4.74 Å². The van der Waals surface area contributed by atoms with Gasteiger partial charge in [0, 0.05) is 5.56 Å². The van der Waals surface area contributed by atoms with E-state index in [9.17, 15) is 14.8 Å². The van der Waals surface area contributed by atoms with Gasteiger partial charge in [-0.2, -0.15) is 0 Å². The second kappa shape index (κ2) is 8.98. The number of fused-ring (bicyclic) bond motifs is 1. The van der Waals surface area contributed by atoms with Crippen LogP contribution in [0, 0.1) is 4.91 Å². The number of carbonyl (C=O) groups is 1.